The Balaban J connectivity index is 1.64. The molecule has 2 aromatic carbocycles. The molecule has 0 saturated carbocycles. The number of carbonyl (C=O) groups is 1. The van der Waals surface area contributed by atoms with E-state index < -0.39 is 15.1 Å². The van der Waals surface area contributed by atoms with Crippen molar-refractivity contribution in [3.05, 3.63) is 71.3 Å². The van der Waals surface area contributed by atoms with Crippen LogP contribution >= 0.6 is 0 Å². The van der Waals surface area contributed by atoms with Crippen molar-refractivity contribution in [1.82, 2.24) is 14.7 Å². The Morgan fingerprint density at radius 3 is 2.45 bits per heavy atom. The molecule has 1 aliphatic heterocycles. The number of amides is 1. The van der Waals surface area contributed by atoms with E-state index in [1.807, 2.05) is 13.8 Å². The monoisotopic (exact) mass is 471 g/mol. The smallest absolute Gasteiger partial charge is 0.258 e. The van der Waals surface area contributed by atoms with Gasteiger partial charge in [0, 0.05) is 18.3 Å². The van der Waals surface area contributed by atoms with E-state index in [9.17, 15) is 17.6 Å². The van der Waals surface area contributed by atoms with Crippen molar-refractivity contribution in [3.8, 4) is 11.4 Å². The van der Waals surface area contributed by atoms with Crippen LogP contribution in [-0.2, 0) is 22.9 Å². The number of para-hydroxylation sites is 1. The second kappa shape index (κ2) is 8.62. The molecule has 0 saturated heterocycles. The number of hydrogen-bond donors (Lipinski definition) is 0. The highest BCUT2D eigenvalue weighted by molar-refractivity contribution is 7.92. The summed E-state index contributed by atoms with van der Waals surface area (Å²) >= 11 is 0. The molecular weight excluding hydrogens is 445 g/mol. The zero-order chi connectivity index (χ0) is 23.9. The van der Waals surface area contributed by atoms with Gasteiger partial charge in [0.1, 0.15) is 17.3 Å². The molecule has 3 aromatic rings. The maximum Gasteiger partial charge on any atom is 0.258 e. The van der Waals surface area contributed by atoms with Crippen molar-refractivity contribution in [3.63, 3.8) is 0 Å². The summed E-state index contributed by atoms with van der Waals surface area (Å²) in [5.74, 6) is -0.397. The van der Waals surface area contributed by atoms with Gasteiger partial charge in [0.25, 0.3) is 5.91 Å². The Morgan fingerprint density at radius 2 is 1.82 bits per heavy atom. The molecule has 0 atom stereocenters. The summed E-state index contributed by atoms with van der Waals surface area (Å²) in [6.07, 6.45) is 1.52. The number of ether oxygens (including phenoxy) is 1. The average molecular weight is 472 g/mol. The first-order valence-corrected chi connectivity index (χ1v) is 12.3. The van der Waals surface area contributed by atoms with E-state index >= 15 is 0 Å². The minimum atomic E-state index is -3.56. The molecule has 0 bridgehead atoms. The number of hydrogen-bond acceptors (Lipinski definition) is 5. The van der Waals surface area contributed by atoms with Crippen LogP contribution < -0.4 is 4.74 Å². The van der Waals surface area contributed by atoms with Crippen molar-refractivity contribution >= 4 is 15.7 Å². The van der Waals surface area contributed by atoms with E-state index in [-0.39, 0.29) is 41.4 Å². The van der Waals surface area contributed by atoms with Crippen LogP contribution in [0.4, 0.5) is 4.39 Å². The van der Waals surface area contributed by atoms with Gasteiger partial charge in [-0.1, -0.05) is 12.1 Å². The maximum atomic E-state index is 14.1. The standard InChI is InChI=1S/C24H26FN3O4S/c1-15(2)32-23-10-9-18(33(30,31)16(3)4)11-19(23)24(29)27-12-17-13-28(26-21(17)14-27)22-8-6-5-7-20(22)25/h5-11,13,15-16H,12,14H2,1-4H3. The SMILES string of the molecule is CC(C)Oc1ccc(S(=O)(=O)C(C)C)cc1C(=O)N1Cc2cn(-c3ccccc3F)nc2C1. The molecule has 0 aliphatic carbocycles. The summed E-state index contributed by atoms with van der Waals surface area (Å²) in [6, 6.07) is 10.8. The van der Waals surface area contributed by atoms with Crippen LogP contribution in [0.15, 0.2) is 53.6 Å². The molecule has 0 radical (unpaired) electrons. The molecule has 0 spiro atoms. The fourth-order valence-electron chi connectivity index (χ4n) is 3.71. The highest BCUT2D eigenvalue weighted by Crippen LogP contribution is 2.31. The number of halogens is 1. The molecule has 0 N–H and O–H groups in total. The molecule has 7 nitrogen and oxygen atoms in total. The highest BCUT2D eigenvalue weighted by Gasteiger charge is 2.31. The third kappa shape index (κ3) is 4.37. The fourth-order valence-corrected chi connectivity index (χ4v) is 4.79. The number of benzene rings is 2. The van der Waals surface area contributed by atoms with Gasteiger partial charge in [-0.05, 0) is 58.0 Å². The molecule has 1 aliphatic rings. The Hall–Kier alpha value is -3.20. The van der Waals surface area contributed by atoms with Gasteiger partial charge in [0.05, 0.1) is 34.1 Å². The first kappa shape index (κ1) is 23.0. The van der Waals surface area contributed by atoms with E-state index in [0.717, 1.165) is 5.56 Å². The van der Waals surface area contributed by atoms with Gasteiger partial charge in [-0.15, -0.1) is 0 Å². The Kier molecular flexibility index (Phi) is 6.00. The first-order chi connectivity index (χ1) is 15.6. The number of rotatable bonds is 6. The lowest BCUT2D eigenvalue weighted by molar-refractivity contribution is 0.0742. The molecular formula is C24H26FN3O4S. The number of fused-ring (bicyclic) bond motifs is 1. The molecule has 174 valence electrons. The highest BCUT2D eigenvalue weighted by atomic mass is 32.2. The predicted molar refractivity (Wildman–Crippen MR) is 122 cm³/mol. The predicted octanol–water partition coefficient (Wildman–Crippen LogP) is 4.14. The lowest BCUT2D eigenvalue weighted by Gasteiger charge is -2.20. The van der Waals surface area contributed by atoms with E-state index in [4.69, 9.17) is 4.74 Å². The van der Waals surface area contributed by atoms with Gasteiger partial charge in [-0.3, -0.25) is 4.79 Å². The van der Waals surface area contributed by atoms with Crippen molar-refractivity contribution in [2.45, 2.75) is 57.0 Å². The number of sulfone groups is 1. The zero-order valence-corrected chi connectivity index (χ0v) is 19.8. The van der Waals surface area contributed by atoms with Crippen LogP contribution in [0.5, 0.6) is 5.75 Å². The molecule has 9 heteroatoms. The minimum absolute atomic E-state index is 0.0821. The first-order valence-electron chi connectivity index (χ1n) is 10.7. The van der Waals surface area contributed by atoms with Crippen LogP contribution in [0.25, 0.3) is 5.69 Å². The van der Waals surface area contributed by atoms with Crippen molar-refractivity contribution in [2.75, 3.05) is 0 Å². The normalized spacial score (nSPS) is 13.6. The Labute approximate surface area is 192 Å². The molecule has 0 unspecified atom stereocenters. The van der Waals surface area contributed by atoms with Gasteiger partial charge < -0.3 is 9.64 Å². The Bertz CT molecular complexity index is 1290. The third-order valence-electron chi connectivity index (χ3n) is 5.46. The molecule has 0 fully saturated rings. The third-order valence-corrected chi connectivity index (χ3v) is 7.61. The van der Waals surface area contributed by atoms with E-state index in [2.05, 4.69) is 5.10 Å². The number of carbonyl (C=O) groups excluding carboxylic acids is 1. The van der Waals surface area contributed by atoms with E-state index in [1.165, 1.54) is 28.9 Å². The second-order valence-corrected chi connectivity index (χ2v) is 11.1. The second-order valence-electron chi connectivity index (χ2n) is 8.58. The van der Waals surface area contributed by atoms with Crippen LogP contribution in [0.2, 0.25) is 0 Å². The lowest BCUT2D eigenvalue weighted by atomic mass is 10.1. The number of aromatic nitrogens is 2. The van der Waals surface area contributed by atoms with Crippen molar-refractivity contribution < 1.29 is 22.3 Å². The van der Waals surface area contributed by atoms with Gasteiger partial charge in [-0.2, -0.15) is 5.10 Å². The Morgan fingerprint density at radius 1 is 1.09 bits per heavy atom. The molecule has 4 rings (SSSR count). The van der Waals surface area contributed by atoms with Crippen molar-refractivity contribution in [2.24, 2.45) is 0 Å². The molecule has 1 aromatic heterocycles. The minimum Gasteiger partial charge on any atom is -0.490 e. The quantitative estimate of drug-likeness (QED) is 0.540. The fraction of sp³-hybridized carbons (Fsp3) is 0.333. The van der Waals surface area contributed by atoms with Gasteiger partial charge in [0.2, 0.25) is 0 Å². The average Bonchev–Trinajstić information content (AvgIpc) is 3.32. The van der Waals surface area contributed by atoms with Crippen LogP contribution in [0.3, 0.4) is 0 Å². The summed E-state index contributed by atoms with van der Waals surface area (Å²) in [4.78, 5) is 15.1. The molecule has 2 heterocycles. The summed E-state index contributed by atoms with van der Waals surface area (Å²) in [5.41, 5.74) is 2.01. The summed E-state index contributed by atoms with van der Waals surface area (Å²) in [7, 11) is -3.56. The topological polar surface area (TPSA) is 81.5 Å². The van der Waals surface area contributed by atoms with Gasteiger partial charge >= 0.3 is 0 Å². The number of nitrogens with zero attached hydrogens (tertiary/aromatic N) is 3. The van der Waals surface area contributed by atoms with Crippen molar-refractivity contribution in [1.29, 1.82) is 0 Å². The zero-order valence-electron chi connectivity index (χ0n) is 18.9. The van der Waals surface area contributed by atoms with Crippen LogP contribution in [0, 0.1) is 5.82 Å². The van der Waals surface area contributed by atoms with Crippen LogP contribution in [0.1, 0.15) is 49.3 Å². The van der Waals surface area contributed by atoms with Gasteiger partial charge in [-0.25, -0.2) is 17.5 Å². The summed E-state index contributed by atoms with van der Waals surface area (Å²) in [5, 5.41) is 3.84. The summed E-state index contributed by atoms with van der Waals surface area (Å²) in [6.45, 7) is 7.39. The van der Waals surface area contributed by atoms with E-state index in [0.29, 0.717) is 17.1 Å². The molecule has 33 heavy (non-hydrogen) atoms. The lowest BCUT2D eigenvalue weighted by Crippen LogP contribution is -2.27. The van der Waals surface area contributed by atoms with Crippen LogP contribution in [-0.4, -0.2) is 40.4 Å². The molecule has 1 amide bonds. The maximum absolute atomic E-state index is 14.1. The van der Waals surface area contributed by atoms with E-state index in [1.54, 1.807) is 43.1 Å². The summed E-state index contributed by atoms with van der Waals surface area (Å²) < 4.78 is 46.8. The van der Waals surface area contributed by atoms with Gasteiger partial charge in [0.15, 0.2) is 9.84 Å². The largest absolute Gasteiger partial charge is 0.490 e.